The molecule has 0 aromatic carbocycles. The van der Waals surface area contributed by atoms with Gasteiger partial charge in [-0.2, -0.15) is 0 Å². The van der Waals surface area contributed by atoms with Gasteiger partial charge in [0, 0.05) is 6.04 Å². The predicted octanol–water partition coefficient (Wildman–Crippen LogP) is 1.95. The van der Waals surface area contributed by atoms with Crippen molar-refractivity contribution >= 4 is 5.91 Å². The number of nitrogens with one attached hydrogen (secondary N) is 1. The first-order valence-corrected chi connectivity index (χ1v) is 6.54. The van der Waals surface area contributed by atoms with Crippen molar-refractivity contribution in [3.05, 3.63) is 0 Å². The summed E-state index contributed by atoms with van der Waals surface area (Å²) < 4.78 is 0. The van der Waals surface area contributed by atoms with E-state index in [1.165, 1.54) is 12.8 Å². The maximum atomic E-state index is 12.2. The third-order valence-electron chi connectivity index (χ3n) is 4.51. The number of carbonyl (C=O) groups is 1. The van der Waals surface area contributed by atoms with Gasteiger partial charge in [-0.25, -0.2) is 0 Å². The monoisotopic (exact) mass is 224 g/mol. The Balaban J connectivity index is 1.97. The SMILES string of the molecule is CC1(C)CCCC1NC(=O)C1(N)CCCC1. The lowest BCUT2D eigenvalue weighted by atomic mass is 9.86. The van der Waals surface area contributed by atoms with Crippen LogP contribution in [-0.4, -0.2) is 17.5 Å². The van der Waals surface area contributed by atoms with Gasteiger partial charge in [-0.1, -0.05) is 33.1 Å². The number of carbonyl (C=O) groups excluding carboxylic acids is 1. The van der Waals surface area contributed by atoms with Crippen molar-refractivity contribution in [3.63, 3.8) is 0 Å². The highest BCUT2D eigenvalue weighted by Crippen LogP contribution is 2.38. The largest absolute Gasteiger partial charge is 0.351 e. The lowest BCUT2D eigenvalue weighted by molar-refractivity contribution is -0.127. The van der Waals surface area contributed by atoms with Crippen molar-refractivity contribution in [2.24, 2.45) is 11.1 Å². The van der Waals surface area contributed by atoms with Crippen molar-refractivity contribution in [1.29, 1.82) is 0 Å². The maximum Gasteiger partial charge on any atom is 0.240 e. The molecule has 2 rings (SSSR count). The normalized spacial score (nSPS) is 31.6. The molecule has 0 aromatic heterocycles. The van der Waals surface area contributed by atoms with Crippen LogP contribution in [0.3, 0.4) is 0 Å². The number of rotatable bonds is 2. The predicted molar refractivity (Wildman–Crippen MR) is 64.9 cm³/mol. The highest BCUT2D eigenvalue weighted by atomic mass is 16.2. The fraction of sp³-hybridized carbons (Fsp3) is 0.923. The van der Waals surface area contributed by atoms with Crippen LogP contribution >= 0.6 is 0 Å². The molecule has 0 radical (unpaired) electrons. The minimum Gasteiger partial charge on any atom is -0.351 e. The summed E-state index contributed by atoms with van der Waals surface area (Å²) in [5.74, 6) is 0.0879. The summed E-state index contributed by atoms with van der Waals surface area (Å²) in [7, 11) is 0. The number of hydrogen-bond donors (Lipinski definition) is 2. The molecule has 0 aromatic rings. The molecule has 1 amide bonds. The van der Waals surface area contributed by atoms with Crippen LogP contribution in [0.1, 0.15) is 58.8 Å². The van der Waals surface area contributed by atoms with E-state index in [2.05, 4.69) is 19.2 Å². The molecule has 0 heterocycles. The van der Waals surface area contributed by atoms with Crippen LogP contribution in [0.5, 0.6) is 0 Å². The van der Waals surface area contributed by atoms with Gasteiger partial charge in [0.2, 0.25) is 5.91 Å². The molecule has 0 aliphatic heterocycles. The second kappa shape index (κ2) is 4.02. The smallest absolute Gasteiger partial charge is 0.240 e. The number of hydrogen-bond acceptors (Lipinski definition) is 2. The molecule has 92 valence electrons. The van der Waals surface area contributed by atoms with E-state index in [0.29, 0.717) is 6.04 Å². The number of nitrogens with two attached hydrogens (primary N) is 1. The van der Waals surface area contributed by atoms with Crippen LogP contribution < -0.4 is 11.1 Å². The Morgan fingerprint density at radius 1 is 1.19 bits per heavy atom. The second-order valence-corrected chi connectivity index (χ2v) is 6.27. The topological polar surface area (TPSA) is 55.1 Å². The van der Waals surface area contributed by atoms with Gasteiger partial charge in [0.15, 0.2) is 0 Å². The average Bonchev–Trinajstić information content (AvgIpc) is 2.75. The summed E-state index contributed by atoms with van der Waals surface area (Å²) >= 11 is 0. The molecule has 0 bridgehead atoms. The van der Waals surface area contributed by atoms with Gasteiger partial charge in [0.05, 0.1) is 5.54 Å². The van der Waals surface area contributed by atoms with Crippen molar-refractivity contribution < 1.29 is 4.79 Å². The minimum atomic E-state index is -0.571. The Kier molecular flexibility index (Phi) is 2.99. The second-order valence-electron chi connectivity index (χ2n) is 6.27. The fourth-order valence-electron chi connectivity index (χ4n) is 3.13. The summed E-state index contributed by atoms with van der Waals surface area (Å²) in [6.07, 6.45) is 7.42. The zero-order valence-corrected chi connectivity index (χ0v) is 10.5. The van der Waals surface area contributed by atoms with E-state index >= 15 is 0 Å². The van der Waals surface area contributed by atoms with Crippen LogP contribution in [0, 0.1) is 5.41 Å². The molecule has 3 heteroatoms. The van der Waals surface area contributed by atoms with Gasteiger partial charge in [0.1, 0.15) is 0 Å². The Bertz CT molecular complexity index is 280. The molecular weight excluding hydrogens is 200 g/mol. The van der Waals surface area contributed by atoms with Gasteiger partial charge >= 0.3 is 0 Å². The summed E-state index contributed by atoms with van der Waals surface area (Å²) in [6.45, 7) is 4.48. The zero-order chi connectivity index (χ0) is 11.8. The van der Waals surface area contributed by atoms with Crippen molar-refractivity contribution in [1.82, 2.24) is 5.32 Å². The minimum absolute atomic E-state index is 0.0879. The first-order valence-electron chi connectivity index (χ1n) is 6.54. The van der Waals surface area contributed by atoms with E-state index in [-0.39, 0.29) is 11.3 Å². The highest BCUT2D eigenvalue weighted by Gasteiger charge is 2.41. The van der Waals surface area contributed by atoms with Gasteiger partial charge in [0.25, 0.3) is 0 Å². The van der Waals surface area contributed by atoms with E-state index < -0.39 is 5.54 Å². The van der Waals surface area contributed by atoms with Crippen LogP contribution in [0.25, 0.3) is 0 Å². The molecule has 3 nitrogen and oxygen atoms in total. The van der Waals surface area contributed by atoms with Crippen LogP contribution in [0.4, 0.5) is 0 Å². The Hall–Kier alpha value is -0.570. The first-order chi connectivity index (χ1) is 7.44. The molecule has 2 aliphatic carbocycles. The lowest BCUT2D eigenvalue weighted by Gasteiger charge is -2.31. The molecule has 0 spiro atoms. The summed E-state index contributed by atoms with van der Waals surface area (Å²) in [5, 5.41) is 3.19. The van der Waals surface area contributed by atoms with Crippen molar-refractivity contribution in [2.75, 3.05) is 0 Å². The molecule has 2 fully saturated rings. The Morgan fingerprint density at radius 3 is 2.31 bits per heavy atom. The molecule has 3 N–H and O–H groups in total. The highest BCUT2D eigenvalue weighted by molar-refractivity contribution is 5.86. The molecule has 0 saturated heterocycles. The standard InChI is InChI=1S/C13H24N2O/c1-12(2)7-5-6-10(12)15-11(16)13(14)8-3-4-9-13/h10H,3-9,14H2,1-2H3,(H,15,16). The lowest BCUT2D eigenvalue weighted by Crippen LogP contribution is -2.56. The number of amides is 1. The van der Waals surface area contributed by atoms with Crippen LogP contribution in [0.2, 0.25) is 0 Å². The van der Waals surface area contributed by atoms with Crippen molar-refractivity contribution in [3.8, 4) is 0 Å². The molecule has 2 aliphatic rings. The van der Waals surface area contributed by atoms with Gasteiger partial charge in [-0.3, -0.25) is 4.79 Å². The van der Waals surface area contributed by atoms with Crippen LogP contribution in [-0.2, 0) is 4.79 Å². The quantitative estimate of drug-likeness (QED) is 0.753. The first kappa shape index (κ1) is 11.9. The van der Waals surface area contributed by atoms with E-state index in [9.17, 15) is 4.79 Å². The Labute approximate surface area is 98.2 Å². The van der Waals surface area contributed by atoms with E-state index in [0.717, 1.165) is 32.1 Å². The summed E-state index contributed by atoms with van der Waals surface area (Å²) in [6, 6.07) is 0.320. The van der Waals surface area contributed by atoms with Crippen LogP contribution in [0.15, 0.2) is 0 Å². The third kappa shape index (κ3) is 2.10. The van der Waals surface area contributed by atoms with E-state index in [1.54, 1.807) is 0 Å². The van der Waals surface area contributed by atoms with Crippen molar-refractivity contribution in [2.45, 2.75) is 70.4 Å². The van der Waals surface area contributed by atoms with E-state index in [4.69, 9.17) is 5.73 Å². The van der Waals surface area contributed by atoms with Gasteiger partial charge in [-0.15, -0.1) is 0 Å². The Morgan fingerprint density at radius 2 is 1.81 bits per heavy atom. The maximum absolute atomic E-state index is 12.2. The fourth-order valence-corrected chi connectivity index (χ4v) is 3.13. The average molecular weight is 224 g/mol. The molecule has 1 atom stereocenters. The molecule has 1 unspecified atom stereocenters. The zero-order valence-electron chi connectivity index (χ0n) is 10.5. The van der Waals surface area contributed by atoms with Gasteiger partial charge in [-0.05, 0) is 31.1 Å². The van der Waals surface area contributed by atoms with Gasteiger partial charge < -0.3 is 11.1 Å². The molecule has 2 saturated carbocycles. The molecular formula is C13H24N2O. The summed E-state index contributed by atoms with van der Waals surface area (Å²) in [4.78, 5) is 12.2. The molecule has 16 heavy (non-hydrogen) atoms. The third-order valence-corrected chi connectivity index (χ3v) is 4.51. The van der Waals surface area contributed by atoms with E-state index in [1.807, 2.05) is 0 Å². The summed E-state index contributed by atoms with van der Waals surface area (Å²) in [5.41, 5.74) is 5.83.